The van der Waals surface area contributed by atoms with Gasteiger partial charge in [-0.05, 0) is 47.9 Å². The summed E-state index contributed by atoms with van der Waals surface area (Å²) in [4.78, 5) is 24.9. The van der Waals surface area contributed by atoms with Crippen LogP contribution in [0, 0.1) is 0 Å². The van der Waals surface area contributed by atoms with Crippen LogP contribution in [0.1, 0.15) is 47.8 Å². The van der Waals surface area contributed by atoms with Crippen LogP contribution in [0.3, 0.4) is 0 Å². The fourth-order valence-electron chi connectivity index (χ4n) is 5.20. The number of imidazole rings is 1. The molecule has 0 saturated heterocycles. The van der Waals surface area contributed by atoms with Crippen molar-refractivity contribution in [2.24, 2.45) is 0 Å². The predicted molar refractivity (Wildman–Crippen MR) is 141 cm³/mol. The molecule has 6 aromatic rings. The Bertz CT molecular complexity index is 1670. The maximum atomic E-state index is 13.0. The molecular weight excluding hydrogens is 476 g/mol. The summed E-state index contributed by atoms with van der Waals surface area (Å²) in [5.74, 6) is 1.04. The average Bonchev–Trinajstić information content (AvgIpc) is 3.70. The largest absolute Gasteiger partial charge is 0.420 e. The van der Waals surface area contributed by atoms with Crippen molar-refractivity contribution in [1.82, 2.24) is 18.9 Å². The van der Waals surface area contributed by atoms with E-state index in [2.05, 4.69) is 26.5 Å². The number of rotatable bonds is 4. The van der Waals surface area contributed by atoms with E-state index in [4.69, 9.17) is 14.7 Å². The Balaban J connectivity index is 1.55. The molecule has 1 aromatic carbocycles. The number of aromatic nitrogens is 4. The molecule has 0 aliphatic heterocycles. The number of nitrogens with zero attached hydrogens (tertiary/aromatic N) is 4. The lowest BCUT2D eigenvalue weighted by atomic mass is 9.95. The van der Waals surface area contributed by atoms with Crippen LogP contribution in [-0.2, 0) is 0 Å². The zero-order valence-electron chi connectivity index (χ0n) is 18.9. The van der Waals surface area contributed by atoms with Gasteiger partial charge in [0.15, 0.2) is 17.2 Å². The highest BCUT2D eigenvalue weighted by molar-refractivity contribution is 7.13. The zero-order chi connectivity index (χ0) is 23.4. The van der Waals surface area contributed by atoms with Crippen LogP contribution in [-0.4, -0.2) is 24.9 Å². The fraction of sp³-hybridized carbons (Fsp3) is 0.222. The number of hydrogen-bond donors (Lipinski definition) is 0. The molecule has 35 heavy (non-hydrogen) atoms. The minimum Gasteiger partial charge on any atom is -0.420 e. The van der Waals surface area contributed by atoms with Gasteiger partial charge in [0, 0.05) is 12.2 Å². The number of carbonyl (C=O) groups excluding carboxylic acids is 1. The van der Waals surface area contributed by atoms with Crippen LogP contribution in [0.15, 0.2) is 65.5 Å². The Morgan fingerprint density at radius 3 is 2.54 bits per heavy atom. The smallest absolute Gasteiger partial charge is 0.353 e. The first kappa shape index (κ1) is 20.8. The lowest BCUT2D eigenvalue weighted by molar-refractivity contribution is 0.0741. The summed E-state index contributed by atoms with van der Waals surface area (Å²) in [5.41, 5.74) is 3.47. The normalized spacial score (nSPS) is 14.9. The minimum atomic E-state index is -0.348. The molecular formula is C27H22N4O2S2. The summed E-state index contributed by atoms with van der Waals surface area (Å²) >= 11 is 3.05. The third kappa shape index (κ3) is 3.39. The molecule has 0 amide bonds. The van der Waals surface area contributed by atoms with Crippen LogP contribution in [0.25, 0.3) is 38.4 Å². The molecule has 0 bridgehead atoms. The van der Waals surface area contributed by atoms with Gasteiger partial charge in [0.1, 0.15) is 15.9 Å². The number of esters is 1. The van der Waals surface area contributed by atoms with Crippen molar-refractivity contribution in [3.63, 3.8) is 0 Å². The van der Waals surface area contributed by atoms with Crippen molar-refractivity contribution in [3.8, 4) is 16.5 Å². The fourth-order valence-corrected chi connectivity index (χ4v) is 6.51. The van der Waals surface area contributed by atoms with E-state index in [9.17, 15) is 4.79 Å². The molecule has 0 spiro atoms. The summed E-state index contributed by atoms with van der Waals surface area (Å²) in [6.07, 6.45) is 7.83. The minimum absolute atomic E-state index is 0.330. The van der Waals surface area contributed by atoms with Gasteiger partial charge in [-0.3, -0.25) is 4.40 Å². The first-order valence-corrected chi connectivity index (χ1v) is 13.6. The molecule has 6 nitrogen and oxygen atoms in total. The van der Waals surface area contributed by atoms with Gasteiger partial charge in [0.05, 0.1) is 15.9 Å². The van der Waals surface area contributed by atoms with Gasteiger partial charge in [0.25, 0.3) is 0 Å². The van der Waals surface area contributed by atoms with E-state index in [1.807, 2.05) is 41.9 Å². The molecule has 1 aliphatic rings. The van der Waals surface area contributed by atoms with E-state index in [-0.39, 0.29) is 5.97 Å². The molecule has 0 unspecified atom stereocenters. The number of thiophene rings is 2. The Hall–Kier alpha value is -3.49. The maximum absolute atomic E-state index is 13.0. The van der Waals surface area contributed by atoms with Crippen molar-refractivity contribution in [1.29, 1.82) is 0 Å². The maximum Gasteiger partial charge on any atom is 0.353 e. The van der Waals surface area contributed by atoms with Gasteiger partial charge in [0.2, 0.25) is 0 Å². The SMILES string of the molecule is O=C(Oc1cn(C2CCCCC2)c2nc(-c3cccs3)n3c4ccccc4nc3c12)c1cccs1. The van der Waals surface area contributed by atoms with Crippen molar-refractivity contribution >= 4 is 56.4 Å². The number of ether oxygens (including phenoxy) is 1. The Labute approximate surface area is 209 Å². The van der Waals surface area contributed by atoms with Crippen LogP contribution in [0.2, 0.25) is 0 Å². The highest BCUT2D eigenvalue weighted by Crippen LogP contribution is 2.40. The summed E-state index contributed by atoms with van der Waals surface area (Å²) in [6, 6.07) is 16.2. The quantitative estimate of drug-likeness (QED) is 0.238. The molecule has 8 heteroatoms. The lowest BCUT2D eigenvalue weighted by Crippen LogP contribution is -2.12. The van der Waals surface area contributed by atoms with Crippen molar-refractivity contribution in [3.05, 3.63) is 70.4 Å². The molecule has 1 saturated carbocycles. The molecule has 0 radical (unpaired) electrons. The predicted octanol–water partition coefficient (Wildman–Crippen LogP) is 7.35. The first-order chi connectivity index (χ1) is 17.3. The Morgan fingerprint density at radius 2 is 1.74 bits per heavy atom. The number of fused-ring (bicyclic) bond motifs is 5. The Morgan fingerprint density at radius 1 is 0.914 bits per heavy atom. The lowest BCUT2D eigenvalue weighted by Gasteiger charge is -2.23. The highest BCUT2D eigenvalue weighted by Gasteiger charge is 2.27. The number of carbonyl (C=O) groups is 1. The van der Waals surface area contributed by atoms with Crippen LogP contribution >= 0.6 is 22.7 Å². The van der Waals surface area contributed by atoms with Gasteiger partial charge in [-0.25, -0.2) is 14.8 Å². The second-order valence-corrected chi connectivity index (χ2v) is 10.8. The molecule has 5 aromatic heterocycles. The van der Waals surface area contributed by atoms with Crippen molar-refractivity contribution in [2.45, 2.75) is 38.1 Å². The average molecular weight is 499 g/mol. The van der Waals surface area contributed by atoms with E-state index in [0.717, 1.165) is 51.3 Å². The number of hydrogen-bond acceptors (Lipinski definition) is 6. The standard InChI is InChI=1S/C27H22N4O2S2/c32-27(22-13-7-15-35-22)33-20-16-30(17-8-2-1-3-9-17)25-23(20)26-28-18-10-4-5-11-19(18)31(26)24(29-25)21-12-6-14-34-21/h4-7,10-17H,1-3,8-9H2. The third-order valence-corrected chi connectivity index (χ3v) is 8.53. The molecule has 0 N–H and O–H groups in total. The van der Waals surface area contributed by atoms with E-state index >= 15 is 0 Å². The van der Waals surface area contributed by atoms with Crippen LogP contribution in [0.5, 0.6) is 5.75 Å². The first-order valence-electron chi connectivity index (χ1n) is 11.9. The van der Waals surface area contributed by atoms with Crippen LogP contribution < -0.4 is 4.74 Å². The Kier molecular flexibility index (Phi) is 4.96. The number of benzene rings is 1. The second-order valence-electron chi connectivity index (χ2n) is 8.93. The monoisotopic (exact) mass is 498 g/mol. The summed E-state index contributed by atoms with van der Waals surface area (Å²) in [6.45, 7) is 0. The highest BCUT2D eigenvalue weighted by atomic mass is 32.1. The van der Waals surface area contributed by atoms with E-state index in [1.54, 1.807) is 17.4 Å². The van der Waals surface area contributed by atoms with Crippen molar-refractivity contribution < 1.29 is 9.53 Å². The molecule has 1 aliphatic carbocycles. The molecule has 0 atom stereocenters. The molecule has 5 heterocycles. The third-order valence-electron chi connectivity index (χ3n) is 6.81. The van der Waals surface area contributed by atoms with Gasteiger partial charge in [-0.2, -0.15) is 0 Å². The summed E-state index contributed by atoms with van der Waals surface area (Å²) in [5, 5.41) is 4.74. The zero-order valence-corrected chi connectivity index (χ0v) is 20.5. The van der Waals surface area contributed by atoms with Gasteiger partial charge >= 0.3 is 5.97 Å². The number of para-hydroxylation sites is 2. The van der Waals surface area contributed by atoms with E-state index in [0.29, 0.717) is 16.7 Å². The van der Waals surface area contributed by atoms with Gasteiger partial charge in [-0.1, -0.05) is 43.5 Å². The van der Waals surface area contributed by atoms with Crippen molar-refractivity contribution in [2.75, 3.05) is 0 Å². The summed E-state index contributed by atoms with van der Waals surface area (Å²) in [7, 11) is 0. The molecule has 174 valence electrons. The van der Waals surface area contributed by atoms with Gasteiger partial charge < -0.3 is 9.30 Å². The summed E-state index contributed by atoms with van der Waals surface area (Å²) < 4.78 is 10.4. The second kappa shape index (κ2) is 8.32. The topological polar surface area (TPSA) is 61.4 Å². The molecule has 1 fully saturated rings. The van der Waals surface area contributed by atoms with E-state index < -0.39 is 0 Å². The van der Waals surface area contributed by atoms with Gasteiger partial charge in [-0.15, -0.1) is 22.7 Å². The van der Waals surface area contributed by atoms with E-state index in [1.165, 1.54) is 30.6 Å². The molecule has 7 rings (SSSR count). The van der Waals surface area contributed by atoms with Crippen LogP contribution in [0.4, 0.5) is 0 Å².